The molecule has 4 heteroatoms. The largest absolute Gasteiger partial charge is 0.396 e. The first-order chi connectivity index (χ1) is 6.24. The zero-order chi connectivity index (χ0) is 9.68. The van der Waals surface area contributed by atoms with Gasteiger partial charge in [-0.2, -0.15) is 0 Å². The summed E-state index contributed by atoms with van der Waals surface area (Å²) in [5.41, 5.74) is 0. The van der Waals surface area contributed by atoms with Gasteiger partial charge in [0.2, 0.25) is 0 Å². The average molecular weight is 183 g/mol. The summed E-state index contributed by atoms with van der Waals surface area (Å²) in [4.78, 5) is 4.18. The lowest BCUT2D eigenvalue weighted by atomic mass is 10.2. The van der Waals surface area contributed by atoms with E-state index in [4.69, 9.17) is 5.11 Å². The fourth-order valence-corrected chi connectivity index (χ4v) is 1.06. The van der Waals surface area contributed by atoms with Gasteiger partial charge in [-0.1, -0.05) is 6.92 Å². The molecule has 0 bridgehead atoms. The second-order valence-corrected chi connectivity index (χ2v) is 3.37. The summed E-state index contributed by atoms with van der Waals surface area (Å²) in [6, 6.07) is 0. The van der Waals surface area contributed by atoms with Gasteiger partial charge in [-0.25, -0.2) is 4.98 Å². The maximum absolute atomic E-state index is 8.79. The third-order valence-electron chi connectivity index (χ3n) is 2.01. The van der Waals surface area contributed by atoms with E-state index in [2.05, 4.69) is 10.3 Å². The Morgan fingerprint density at radius 1 is 1.69 bits per heavy atom. The van der Waals surface area contributed by atoms with Gasteiger partial charge < -0.3 is 15.0 Å². The molecule has 0 fully saturated rings. The molecule has 1 unspecified atom stereocenters. The van der Waals surface area contributed by atoms with Crippen molar-refractivity contribution in [1.82, 2.24) is 14.9 Å². The van der Waals surface area contributed by atoms with Crippen LogP contribution in [0.2, 0.25) is 0 Å². The first kappa shape index (κ1) is 10.2. The molecule has 0 aliphatic rings. The van der Waals surface area contributed by atoms with Gasteiger partial charge in [0.25, 0.3) is 0 Å². The molecule has 74 valence electrons. The van der Waals surface area contributed by atoms with Gasteiger partial charge in [0.05, 0.1) is 6.54 Å². The Hall–Kier alpha value is -0.870. The Bertz CT molecular complexity index is 247. The average Bonchev–Trinajstić information content (AvgIpc) is 2.52. The molecule has 4 nitrogen and oxygen atoms in total. The molecule has 13 heavy (non-hydrogen) atoms. The van der Waals surface area contributed by atoms with Gasteiger partial charge in [0, 0.05) is 32.6 Å². The maximum Gasteiger partial charge on any atom is 0.122 e. The van der Waals surface area contributed by atoms with Crippen molar-refractivity contribution in [3.63, 3.8) is 0 Å². The van der Waals surface area contributed by atoms with Crippen molar-refractivity contribution in [2.45, 2.75) is 13.5 Å². The van der Waals surface area contributed by atoms with Crippen molar-refractivity contribution in [3.8, 4) is 0 Å². The first-order valence-electron chi connectivity index (χ1n) is 4.51. The van der Waals surface area contributed by atoms with E-state index in [9.17, 15) is 0 Å². The molecule has 2 N–H and O–H groups in total. The number of nitrogens with zero attached hydrogens (tertiary/aromatic N) is 2. The normalized spacial score (nSPS) is 13.2. The van der Waals surface area contributed by atoms with E-state index in [1.807, 2.05) is 24.7 Å². The summed E-state index contributed by atoms with van der Waals surface area (Å²) in [6.07, 6.45) is 3.71. The number of aliphatic hydroxyl groups is 1. The Morgan fingerprint density at radius 3 is 3.00 bits per heavy atom. The zero-order valence-corrected chi connectivity index (χ0v) is 8.20. The van der Waals surface area contributed by atoms with E-state index < -0.39 is 0 Å². The van der Waals surface area contributed by atoms with E-state index in [1.165, 1.54) is 0 Å². The summed E-state index contributed by atoms with van der Waals surface area (Å²) < 4.78 is 1.98. The molecule has 0 aliphatic heterocycles. The molecule has 0 spiro atoms. The molecule has 1 rings (SSSR count). The standard InChI is InChI=1S/C9H17N3O/c1-8(7-13)5-10-6-9-11-3-4-12(9)2/h3-4,8,10,13H,5-7H2,1-2H3. The zero-order valence-electron chi connectivity index (χ0n) is 8.20. The number of nitrogens with one attached hydrogen (secondary N) is 1. The van der Waals surface area contributed by atoms with Crippen LogP contribution >= 0.6 is 0 Å². The quantitative estimate of drug-likeness (QED) is 0.682. The Labute approximate surface area is 78.6 Å². The summed E-state index contributed by atoms with van der Waals surface area (Å²) >= 11 is 0. The van der Waals surface area contributed by atoms with Crippen molar-refractivity contribution >= 4 is 0 Å². The van der Waals surface area contributed by atoms with E-state index >= 15 is 0 Å². The van der Waals surface area contributed by atoms with Crippen molar-refractivity contribution in [2.24, 2.45) is 13.0 Å². The molecule has 0 saturated heterocycles. The number of hydrogen-bond acceptors (Lipinski definition) is 3. The van der Waals surface area contributed by atoms with Gasteiger partial charge in [0.15, 0.2) is 0 Å². The monoisotopic (exact) mass is 183 g/mol. The van der Waals surface area contributed by atoms with Gasteiger partial charge in [-0.05, 0) is 5.92 Å². The van der Waals surface area contributed by atoms with E-state index in [1.54, 1.807) is 6.20 Å². The molecule has 1 atom stereocenters. The van der Waals surface area contributed by atoms with Gasteiger partial charge in [0.1, 0.15) is 5.82 Å². The molecule has 0 aliphatic carbocycles. The van der Waals surface area contributed by atoms with Crippen molar-refractivity contribution in [3.05, 3.63) is 18.2 Å². The van der Waals surface area contributed by atoms with Crippen LogP contribution in [0, 0.1) is 5.92 Å². The Kier molecular flexibility index (Phi) is 3.92. The van der Waals surface area contributed by atoms with Crippen LogP contribution in [-0.2, 0) is 13.6 Å². The number of imidazole rings is 1. The smallest absolute Gasteiger partial charge is 0.122 e. The Balaban J connectivity index is 2.24. The SMILES string of the molecule is CC(CO)CNCc1nccn1C. The molecular formula is C9H17N3O. The van der Waals surface area contributed by atoms with Crippen LogP contribution in [0.15, 0.2) is 12.4 Å². The van der Waals surface area contributed by atoms with Crippen LogP contribution in [0.5, 0.6) is 0 Å². The van der Waals surface area contributed by atoms with Crippen molar-refractivity contribution < 1.29 is 5.11 Å². The van der Waals surface area contributed by atoms with Crippen LogP contribution < -0.4 is 5.32 Å². The second kappa shape index (κ2) is 4.99. The fourth-order valence-electron chi connectivity index (χ4n) is 1.06. The highest BCUT2D eigenvalue weighted by Gasteiger charge is 2.01. The van der Waals surface area contributed by atoms with Crippen LogP contribution in [0.4, 0.5) is 0 Å². The third-order valence-corrected chi connectivity index (χ3v) is 2.01. The van der Waals surface area contributed by atoms with Crippen molar-refractivity contribution in [2.75, 3.05) is 13.2 Å². The topological polar surface area (TPSA) is 50.1 Å². The van der Waals surface area contributed by atoms with Gasteiger partial charge in [-0.3, -0.25) is 0 Å². The molecule has 1 aromatic rings. The summed E-state index contributed by atoms with van der Waals surface area (Å²) in [7, 11) is 1.97. The van der Waals surface area contributed by atoms with Crippen LogP contribution in [-0.4, -0.2) is 27.8 Å². The first-order valence-corrected chi connectivity index (χ1v) is 4.51. The summed E-state index contributed by atoms with van der Waals surface area (Å²) in [5.74, 6) is 1.32. The minimum absolute atomic E-state index is 0.230. The highest BCUT2D eigenvalue weighted by atomic mass is 16.3. The minimum atomic E-state index is 0.230. The second-order valence-electron chi connectivity index (χ2n) is 3.37. The minimum Gasteiger partial charge on any atom is -0.396 e. The molecule has 1 heterocycles. The highest BCUT2D eigenvalue weighted by Crippen LogP contribution is 1.94. The van der Waals surface area contributed by atoms with Crippen LogP contribution in [0.25, 0.3) is 0 Å². The number of rotatable bonds is 5. The summed E-state index contributed by atoms with van der Waals surface area (Å²) in [6.45, 7) is 3.82. The molecule has 0 saturated carbocycles. The number of hydrogen-bond donors (Lipinski definition) is 2. The predicted molar refractivity (Wildman–Crippen MR) is 51.2 cm³/mol. The van der Waals surface area contributed by atoms with Gasteiger partial charge >= 0.3 is 0 Å². The summed E-state index contributed by atoms with van der Waals surface area (Å²) in [5, 5.41) is 12.0. The van der Waals surface area contributed by atoms with Crippen LogP contribution in [0.3, 0.4) is 0 Å². The molecule has 1 aromatic heterocycles. The van der Waals surface area contributed by atoms with E-state index in [0.29, 0.717) is 5.92 Å². The highest BCUT2D eigenvalue weighted by molar-refractivity contribution is 4.90. The molecule has 0 radical (unpaired) electrons. The van der Waals surface area contributed by atoms with E-state index in [0.717, 1.165) is 18.9 Å². The Morgan fingerprint density at radius 2 is 2.46 bits per heavy atom. The fraction of sp³-hybridized carbons (Fsp3) is 0.667. The third kappa shape index (κ3) is 3.16. The van der Waals surface area contributed by atoms with Gasteiger partial charge in [-0.15, -0.1) is 0 Å². The van der Waals surface area contributed by atoms with Crippen molar-refractivity contribution in [1.29, 1.82) is 0 Å². The van der Waals surface area contributed by atoms with Crippen LogP contribution in [0.1, 0.15) is 12.7 Å². The predicted octanol–water partition coefficient (Wildman–Crippen LogP) is 0.138. The maximum atomic E-state index is 8.79. The lowest BCUT2D eigenvalue weighted by Gasteiger charge is -2.08. The molecule has 0 amide bonds. The number of aliphatic hydroxyl groups excluding tert-OH is 1. The lowest BCUT2D eigenvalue weighted by Crippen LogP contribution is -2.24. The molecule has 0 aromatic carbocycles. The molecular weight excluding hydrogens is 166 g/mol. The number of aryl methyl sites for hydroxylation is 1. The lowest BCUT2D eigenvalue weighted by molar-refractivity contribution is 0.233. The van der Waals surface area contributed by atoms with E-state index in [-0.39, 0.29) is 6.61 Å². The number of aromatic nitrogens is 2.